The van der Waals surface area contributed by atoms with Gasteiger partial charge in [0.25, 0.3) is 0 Å². The zero-order valence-corrected chi connectivity index (χ0v) is 12.7. The molecule has 0 atom stereocenters. The van der Waals surface area contributed by atoms with Crippen LogP contribution in [0, 0.1) is 5.92 Å². The maximum absolute atomic E-state index is 12.1. The van der Waals surface area contributed by atoms with E-state index in [4.69, 9.17) is 16.3 Å². The van der Waals surface area contributed by atoms with Crippen LogP contribution in [0.15, 0.2) is 18.2 Å². The first-order valence-electron chi connectivity index (χ1n) is 7.04. The minimum absolute atomic E-state index is 0.0695. The average Bonchev–Trinajstić information content (AvgIpc) is 2.42. The number of nitrogens with one attached hydrogen (secondary N) is 2. The van der Waals surface area contributed by atoms with E-state index in [-0.39, 0.29) is 17.9 Å². The molecule has 5 heteroatoms. The summed E-state index contributed by atoms with van der Waals surface area (Å²) < 4.78 is 5.57. The molecule has 1 fully saturated rings. The average molecular weight is 297 g/mol. The van der Waals surface area contributed by atoms with Gasteiger partial charge in [-0.05, 0) is 58.0 Å². The predicted molar refractivity (Wildman–Crippen MR) is 81.4 cm³/mol. The maximum atomic E-state index is 12.1. The fourth-order valence-electron chi connectivity index (χ4n) is 2.26. The molecular weight excluding hydrogens is 276 g/mol. The molecule has 0 bridgehead atoms. The smallest absolute Gasteiger partial charge is 0.227 e. The summed E-state index contributed by atoms with van der Waals surface area (Å²) in [4.78, 5) is 12.1. The van der Waals surface area contributed by atoms with Crippen LogP contribution in [-0.2, 0) is 4.79 Å². The van der Waals surface area contributed by atoms with E-state index in [1.54, 1.807) is 12.1 Å². The number of halogens is 1. The third-order valence-electron chi connectivity index (χ3n) is 3.27. The van der Waals surface area contributed by atoms with Gasteiger partial charge in [0.1, 0.15) is 5.75 Å². The van der Waals surface area contributed by atoms with Crippen LogP contribution in [-0.4, -0.2) is 25.1 Å². The number of benzene rings is 1. The largest absolute Gasteiger partial charge is 0.489 e. The van der Waals surface area contributed by atoms with Crippen molar-refractivity contribution in [2.24, 2.45) is 5.92 Å². The summed E-state index contributed by atoms with van der Waals surface area (Å²) in [7, 11) is 0. The Kier molecular flexibility index (Phi) is 5.26. The van der Waals surface area contributed by atoms with Crippen LogP contribution >= 0.6 is 11.6 Å². The van der Waals surface area contributed by atoms with Crippen LogP contribution in [0.2, 0.25) is 5.02 Å². The highest BCUT2D eigenvalue weighted by molar-refractivity contribution is 6.32. The fourth-order valence-corrected chi connectivity index (χ4v) is 2.48. The van der Waals surface area contributed by atoms with E-state index < -0.39 is 0 Å². The minimum atomic E-state index is 0.0695. The van der Waals surface area contributed by atoms with Crippen molar-refractivity contribution in [2.75, 3.05) is 18.4 Å². The molecule has 1 aromatic rings. The molecule has 1 aliphatic rings. The summed E-state index contributed by atoms with van der Waals surface area (Å²) in [6.45, 7) is 5.70. The molecule has 1 aromatic carbocycles. The van der Waals surface area contributed by atoms with E-state index in [2.05, 4.69) is 10.6 Å². The summed E-state index contributed by atoms with van der Waals surface area (Å²) in [5.74, 6) is 0.795. The van der Waals surface area contributed by atoms with Gasteiger partial charge in [-0.15, -0.1) is 0 Å². The van der Waals surface area contributed by atoms with Crippen molar-refractivity contribution >= 4 is 23.2 Å². The van der Waals surface area contributed by atoms with E-state index in [0.717, 1.165) is 31.6 Å². The first-order valence-corrected chi connectivity index (χ1v) is 7.42. The Morgan fingerprint density at radius 3 is 2.70 bits per heavy atom. The normalized spacial score (nSPS) is 16.2. The van der Waals surface area contributed by atoms with Crippen molar-refractivity contribution in [1.82, 2.24) is 5.32 Å². The number of piperidine rings is 1. The van der Waals surface area contributed by atoms with Crippen LogP contribution in [0.25, 0.3) is 0 Å². The Balaban J connectivity index is 1.99. The lowest BCUT2D eigenvalue weighted by molar-refractivity contribution is -0.120. The Labute approximate surface area is 124 Å². The minimum Gasteiger partial charge on any atom is -0.489 e. The molecule has 20 heavy (non-hydrogen) atoms. The standard InChI is InChI=1S/C15H21ClN2O2/c1-10(2)20-14-4-3-12(9-13(14)16)18-15(19)11-5-7-17-8-6-11/h3-4,9-11,17H,5-8H2,1-2H3,(H,18,19). The van der Waals surface area contributed by atoms with Gasteiger partial charge in [0.15, 0.2) is 0 Å². The van der Waals surface area contributed by atoms with Gasteiger partial charge in [-0.1, -0.05) is 11.6 Å². The van der Waals surface area contributed by atoms with Gasteiger partial charge in [0.2, 0.25) is 5.91 Å². The van der Waals surface area contributed by atoms with Crippen molar-refractivity contribution in [3.05, 3.63) is 23.2 Å². The van der Waals surface area contributed by atoms with E-state index in [1.807, 2.05) is 19.9 Å². The van der Waals surface area contributed by atoms with E-state index in [9.17, 15) is 4.79 Å². The van der Waals surface area contributed by atoms with Crippen molar-refractivity contribution in [2.45, 2.75) is 32.8 Å². The lowest BCUT2D eigenvalue weighted by atomic mass is 9.97. The van der Waals surface area contributed by atoms with Crippen LogP contribution in [0.3, 0.4) is 0 Å². The summed E-state index contributed by atoms with van der Waals surface area (Å²) >= 11 is 6.16. The summed E-state index contributed by atoms with van der Waals surface area (Å²) in [6.07, 6.45) is 1.84. The van der Waals surface area contributed by atoms with E-state index >= 15 is 0 Å². The number of hydrogen-bond donors (Lipinski definition) is 2. The zero-order valence-electron chi connectivity index (χ0n) is 11.9. The number of carbonyl (C=O) groups is 1. The van der Waals surface area contributed by atoms with Crippen molar-refractivity contribution in [1.29, 1.82) is 0 Å². The van der Waals surface area contributed by atoms with Crippen molar-refractivity contribution in [3.63, 3.8) is 0 Å². The third kappa shape index (κ3) is 4.12. The number of carbonyl (C=O) groups excluding carboxylic acids is 1. The Bertz CT molecular complexity index is 471. The van der Waals surface area contributed by atoms with Gasteiger partial charge < -0.3 is 15.4 Å². The topological polar surface area (TPSA) is 50.4 Å². The van der Waals surface area contributed by atoms with Gasteiger partial charge in [-0.2, -0.15) is 0 Å². The van der Waals surface area contributed by atoms with Gasteiger partial charge in [0, 0.05) is 11.6 Å². The Morgan fingerprint density at radius 1 is 1.40 bits per heavy atom. The molecule has 0 spiro atoms. The number of rotatable bonds is 4. The molecule has 110 valence electrons. The first kappa shape index (κ1) is 15.1. The second kappa shape index (κ2) is 6.95. The highest BCUT2D eigenvalue weighted by Gasteiger charge is 2.21. The molecule has 0 aliphatic carbocycles. The summed E-state index contributed by atoms with van der Waals surface area (Å²) in [5, 5.41) is 6.69. The van der Waals surface area contributed by atoms with Crippen molar-refractivity contribution < 1.29 is 9.53 Å². The molecule has 1 saturated heterocycles. The molecule has 2 rings (SSSR count). The second-order valence-corrected chi connectivity index (χ2v) is 5.73. The molecule has 0 unspecified atom stereocenters. The summed E-state index contributed by atoms with van der Waals surface area (Å²) in [6, 6.07) is 5.35. The number of amides is 1. The van der Waals surface area contributed by atoms with E-state index in [1.165, 1.54) is 0 Å². The predicted octanol–water partition coefficient (Wildman–Crippen LogP) is 3.07. The molecule has 4 nitrogen and oxygen atoms in total. The summed E-state index contributed by atoms with van der Waals surface area (Å²) in [5.41, 5.74) is 0.717. The highest BCUT2D eigenvalue weighted by atomic mass is 35.5. The van der Waals surface area contributed by atoms with Gasteiger partial charge in [-0.25, -0.2) is 0 Å². The molecule has 0 saturated carbocycles. The molecule has 2 N–H and O–H groups in total. The molecule has 1 amide bonds. The quantitative estimate of drug-likeness (QED) is 0.898. The molecule has 1 aliphatic heterocycles. The van der Waals surface area contributed by atoms with Gasteiger partial charge in [-0.3, -0.25) is 4.79 Å². The maximum Gasteiger partial charge on any atom is 0.227 e. The zero-order chi connectivity index (χ0) is 14.5. The SMILES string of the molecule is CC(C)Oc1ccc(NC(=O)C2CCNCC2)cc1Cl. The number of hydrogen-bond acceptors (Lipinski definition) is 3. The molecule has 1 heterocycles. The highest BCUT2D eigenvalue weighted by Crippen LogP contribution is 2.29. The monoisotopic (exact) mass is 296 g/mol. The van der Waals surface area contributed by atoms with E-state index in [0.29, 0.717) is 10.8 Å². The molecule has 0 aromatic heterocycles. The first-order chi connectivity index (χ1) is 9.56. The Hall–Kier alpha value is -1.26. The number of anilines is 1. The fraction of sp³-hybridized carbons (Fsp3) is 0.533. The van der Waals surface area contributed by atoms with Crippen LogP contribution in [0.4, 0.5) is 5.69 Å². The van der Waals surface area contributed by atoms with Gasteiger partial charge in [0.05, 0.1) is 11.1 Å². The molecule has 0 radical (unpaired) electrons. The second-order valence-electron chi connectivity index (χ2n) is 5.33. The number of ether oxygens (including phenoxy) is 1. The van der Waals surface area contributed by atoms with Crippen LogP contribution in [0.5, 0.6) is 5.75 Å². The van der Waals surface area contributed by atoms with Crippen molar-refractivity contribution in [3.8, 4) is 5.75 Å². The Morgan fingerprint density at radius 2 is 2.10 bits per heavy atom. The lowest BCUT2D eigenvalue weighted by Gasteiger charge is -2.22. The van der Waals surface area contributed by atoms with Crippen LogP contribution < -0.4 is 15.4 Å². The van der Waals surface area contributed by atoms with Crippen LogP contribution in [0.1, 0.15) is 26.7 Å². The van der Waals surface area contributed by atoms with Gasteiger partial charge >= 0.3 is 0 Å². The lowest BCUT2D eigenvalue weighted by Crippen LogP contribution is -2.34. The molecular formula is C15H21ClN2O2. The third-order valence-corrected chi connectivity index (χ3v) is 3.57.